The third kappa shape index (κ3) is 2.47. The molecule has 1 aromatic heterocycles. The Morgan fingerprint density at radius 3 is 2.65 bits per heavy atom. The van der Waals surface area contributed by atoms with E-state index in [1.54, 1.807) is 4.68 Å². The molecule has 0 saturated heterocycles. The summed E-state index contributed by atoms with van der Waals surface area (Å²) in [6.45, 7) is 5.03. The Kier molecular flexibility index (Phi) is 3.73. The topological polar surface area (TPSA) is 41.6 Å². The molecule has 1 aromatic rings. The minimum absolute atomic E-state index is 0.440. The van der Waals surface area contributed by atoms with Gasteiger partial charge in [0.1, 0.15) is 16.8 Å². The normalized spacial score (nSPS) is 16.6. The summed E-state index contributed by atoms with van der Waals surface area (Å²) in [4.78, 5) is 0. The molecule has 0 atom stereocenters. The average molecular weight is 252 g/mol. The number of hydrogen-bond donors (Lipinski definition) is 0. The zero-order valence-corrected chi connectivity index (χ0v) is 11.2. The van der Waals surface area contributed by atoms with Crippen LogP contribution in [-0.4, -0.2) is 9.78 Å². The van der Waals surface area contributed by atoms with E-state index in [-0.39, 0.29) is 0 Å². The number of nitriles is 1. The molecular formula is C13H18ClN3. The maximum Gasteiger partial charge on any atom is 0.145 e. The van der Waals surface area contributed by atoms with Gasteiger partial charge in [0.2, 0.25) is 0 Å². The van der Waals surface area contributed by atoms with Crippen LogP contribution in [-0.2, 0) is 6.54 Å². The highest BCUT2D eigenvalue weighted by Gasteiger charge is 2.26. The Balaban J connectivity index is 2.34. The van der Waals surface area contributed by atoms with E-state index in [9.17, 15) is 5.26 Å². The second-order valence-electron chi connectivity index (χ2n) is 5.22. The smallest absolute Gasteiger partial charge is 0.145 e. The van der Waals surface area contributed by atoms with Gasteiger partial charge in [0.25, 0.3) is 0 Å². The molecule has 3 nitrogen and oxygen atoms in total. The quantitative estimate of drug-likeness (QED) is 0.822. The van der Waals surface area contributed by atoms with Gasteiger partial charge in [0.15, 0.2) is 0 Å². The maximum atomic E-state index is 9.22. The summed E-state index contributed by atoms with van der Waals surface area (Å²) in [5.41, 5.74) is 1.52. The van der Waals surface area contributed by atoms with Crippen LogP contribution in [0.25, 0.3) is 0 Å². The Morgan fingerprint density at radius 1 is 1.47 bits per heavy atom. The molecule has 0 amide bonds. The van der Waals surface area contributed by atoms with E-state index >= 15 is 0 Å². The molecule has 1 heterocycles. The zero-order valence-electron chi connectivity index (χ0n) is 10.4. The molecule has 0 radical (unpaired) electrons. The van der Waals surface area contributed by atoms with Crippen LogP contribution in [0, 0.1) is 17.2 Å². The maximum absolute atomic E-state index is 9.22. The van der Waals surface area contributed by atoms with Crippen LogP contribution >= 0.6 is 11.6 Å². The van der Waals surface area contributed by atoms with Gasteiger partial charge in [-0.2, -0.15) is 10.4 Å². The molecule has 1 aliphatic carbocycles. The van der Waals surface area contributed by atoms with Crippen molar-refractivity contribution < 1.29 is 0 Å². The molecule has 92 valence electrons. The minimum atomic E-state index is 0.440. The molecule has 0 unspecified atom stereocenters. The van der Waals surface area contributed by atoms with E-state index in [1.165, 1.54) is 12.8 Å². The first-order valence-electron chi connectivity index (χ1n) is 6.29. The third-order valence-electron chi connectivity index (χ3n) is 3.31. The zero-order chi connectivity index (χ0) is 12.4. The van der Waals surface area contributed by atoms with Crippen molar-refractivity contribution in [2.24, 2.45) is 5.92 Å². The predicted octanol–water partition coefficient (Wildman–Crippen LogP) is 3.72. The number of hydrogen-bond acceptors (Lipinski definition) is 2. The van der Waals surface area contributed by atoms with Gasteiger partial charge in [0.05, 0.1) is 5.69 Å². The van der Waals surface area contributed by atoms with E-state index in [2.05, 4.69) is 25.0 Å². The van der Waals surface area contributed by atoms with Crippen LogP contribution in [0.1, 0.15) is 56.7 Å². The lowest BCUT2D eigenvalue weighted by atomic mass is 10.0. The van der Waals surface area contributed by atoms with E-state index in [4.69, 9.17) is 11.6 Å². The first kappa shape index (κ1) is 12.4. The molecule has 0 spiro atoms. The monoisotopic (exact) mass is 251 g/mol. The first-order chi connectivity index (χ1) is 8.13. The summed E-state index contributed by atoms with van der Waals surface area (Å²) in [7, 11) is 0. The fourth-order valence-corrected chi connectivity index (χ4v) is 2.76. The lowest BCUT2D eigenvalue weighted by Crippen LogP contribution is -2.07. The van der Waals surface area contributed by atoms with Crippen molar-refractivity contribution >= 4 is 11.6 Å². The summed E-state index contributed by atoms with van der Waals surface area (Å²) in [5, 5.41) is 14.3. The lowest BCUT2D eigenvalue weighted by molar-refractivity contribution is 0.476. The summed E-state index contributed by atoms with van der Waals surface area (Å²) < 4.78 is 1.79. The van der Waals surface area contributed by atoms with Crippen LogP contribution in [0.3, 0.4) is 0 Å². The Labute approximate surface area is 107 Å². The molecule has 1 aliphatic rings. The summed E-state index contributed by atoms with van der Waals surface area (Å²) in [5.74, 6) is 0.922. The van der Waals surface area contributed by atoms with E-state index in [0.29, 0.717) is 22.6 Å². The fraction of sp³-hybridized carbons (Fsp3) is 0.692. The van der Waals surface area contributed by atoms with Gasteiger partial charge in [-0.05, 0) is 18.8 Å². The molecule has 17 heavy (non-hydrogen) atoms. The van der Waals surface area contributed by atoms with Crippen LogP contribution in [0.2, 0.25) is 5.15 Å². The molecule has 0 N–H and O–H groups in total. The number of halogens is 1. The molecule has 0 bridgehead atoms. The Morgan fingerprint density at radius 2 is 2.12 bits per heavy atom. The highest BCUT2D eigenvalue weighted by molar-refractivity contribution is 6.30. The largest absolute Gasteiger partial charge is 0.252 e. The second-order valence-corrected chi connectivity index (χ2v) is 5.58. The second kappa shape index (κ2) is 5.10. The molecule has 0 aromatic carbocycles. The van der Waals surface area contributed by atoms with Gasteiger partial charge in [-0.25, -0.2) is 0 Å². The first-order valence-corrected chi connectivity index (χ1v) is 6.67. The van der Waals surface area contributed by atoms with Crippen molar-refractivity contribution in [2.45, 2.75) is 52.0 Å². The predicted molar refractivity (Wildman–Crippen MR) is 68.0 cm³/mol. The van der Waals surface area contributed by atoms with Gasteiger partial charge < -0.3 is 0 Å². The van der Waals surface area contributed by atoms with E-state index in [1.807, 2.05) is 0 Å². The van der Waals surface area contributed by atoms with Crippen molar-refractivity contribution in [2.75, 3.05) is 0 Å². The Bertz CT molecular complexity index is 436. The molecule has 1 fully saturated rings. The van der Waals surface area contributed by atoms with Crippen LogP contribution in [0.5, 0.6) is 0 Å². The number of rotatable bonds is 3. The van der Waals surface area contributed by atoms with E-state index < -0.39 is 0 Å². The third-order valence-corrected chi connectivity index (χ3v) is 3.69. The van der Waals surface area contributed by atoms with Gasteiger partial charge in [0, 0.05) is 12.5 Å². The van der Waals surface area contributed by atoms with Crippen LogP contribution < -0.4 is 0 Å². The highest BCUT2D eigenvalue weighted by Crippen LogP contribution is 2.37. The van der Waals surface area contributed by atoms with Crippen molar-refractivity contribution in [3.8, 4) is 6.07 Å². The van der Waals surface area contributed by atoms with Crippen molar-refractivity contribution in [1.29, 1.82) is 5.26 Å². The Hall–Kier alpha value is -1.01. The molecule has 4 heteroatoms. The number of aromatic nitrogens is 2. The minimum Gasteiger partial charge on any atom is -0.252 e. The summed E-state index contributed by atoms with van der Waals surface area (Å²) in [6.07, 6.45) is 4.77. The van der Waals surface area contributed by atoms with Gasteiger partial charge in [-0.3, -0.25) is 4.68 Å². The lowest BCUT2D eigenvalue weighted by Gasteiger charge is -2.06. The summed E-state index contributed by atoms with van der Waals surface area (Å²) >= 11 is 6.23. The molecular weight excluding hydrogens is 234 g/mol. The van der Waals surface area contributed by atoms with Crippen molar-refractivity contribution in [3.05, 3.63) is 16.4 Å². The van der Waals surface area contributed by atoms with E-state index in [0.717, 1.165) is 25.1 Å². The fourth-order valence-electron chi connectivity index (χ4n) is 2.51. The van der Waals surface area contributed by atoms with Crippen molar-refractivity contribution in [3.63, 3.8) is 0 Å². The molecule has 2 rings (SSSR count). The standard InChI is InChI=1S/C13H18ClN3/c1-9(2)8-17-13(14)11(7-15)12(16-17)10-5-3-4-6-10/h9-10H,3-6,8H2,1-2H3. The number of nitrogens with zero attached hydrogens (tertiary/aromatic N) is 3. The molecule has 0 aliphatic heterocycles. The van der Waals surface area contributed by atoms with Crippen LogP contribution in [0.4, 0.5) is 0 Å². The summed E-state index contributed by atoms with van der Waals surface area (Å²) in [6, 6.07) is 2.22. The van der Waals surface area contributed by atoms with Crippen LogP contribution in [0.15, 0.2) is 0 Å². The average Bonchev–Trinajstić information content (AvgIpc) is 2.87. The highest BCUT2D eigenvalue weighted by atomic mass is 35.5. The van der Waals surface area contributed by atoms with Gasteiger partial charge >= 0.3 is 0 Å². The van der Waals surface area contributed by atoms with Gasteiger partial charge in [-0.15, -0.1) is 0 Å². The van der Waals surface area contributed by atoms with Gasteiger partial charge in [-0.1, -0.05) is 38.3 Å². The van der Waals surface area contributed by atoms with Crippen molar-refractivity contribution in [1.82, 2.24) is 9.78 Å². The molecule has 1 saturated carbocycles. The SMILES string of the molecule is CC(C)Cn1nc(C2CCCC2)c(C#N)c1Cl.